The molecule has 100 valence electrons. The molecule has 4 nitrogen and oxygen atoms in total. The normalized spacial score (nSPS) is 9.85. The maximum Gasteiger partial charge on any atom is 0.270 e. The molecule has 0 aliphatic carbocycles. The second kappa shape index (κ2) is 5.98. The highest BCUT2D eigenvalue weighted by Crippen LogP contribution is 2.10. The topological polar surface area (TPSA) is 65.8 Å². The van der Waals surface area contributed by atoms with Crippen LogP contribution < -0.4 is 5.32 Å². The van der Waals surface area contributed by atoms with Crippen LogP contribution in [0, 0.1) is 25.2 Å². The van der Waals surface area contributed by atoms with E-state index in [1.54, 1.807) is 12.1 Å². The molecule has 0 saturated carbocycles. The van der Waals surface area contributed by atoms with Gasteiger partial charge < -0.3 is 5.32 Å². The summed E-state index contributed by atoms with van der Waals surface area (Å²) >= 11 is 0. The molecule has 0 aliphatic rings. The van der Waals surface area contributed by atoms with Crippen LogP contribution in [0.5, 0.6) is 0 Å². The maximum atomic E-state index is 11.9. The predicted molar refractivity (Wildman–Crippen MR) is 76.0 cm³/mol. The summed E-state index contributed by atoms with van der Waals surface area (Å²) in [6.07, 6.45) is 1.39. The fourth-order valence-corrected chi connectivity index (χ4v) is 1.90. The Labute approximate surface area is 118 Å². The molecule has 0 fully saturated rings. The van der Waals surface area contributed by atoms with E-state index in [2.05, 4.69) is 16.4 Å². The number of pyridine rings is 1. The molecule has 2 aromatic rings. The van der Waals surface area contributed by atoms with Gasteiger partial charge in [-0.3, -0.25) is 4.79 Å². The molecule has 1 aromatic heterocycles. The lowest BCUT2D eigenvalue weighted by Crippen LogP contribution is -2.24. The van der Waals surface area contributed by atoms with E-state index in [0.29, 0.717) is 17.8 Å². The zero-order valence-electron chi connectivity index (χ0n) is 11.5. The summed E-state index contributed by atoms with van der Waals surface area (Å²) in [6.45, 7) is 4.52. The van der Waals surface area contributed by atoms with Crippen LogP contribution in [-0.4, -0.2) is 10.9 Å². The second-order valence-electron chi connectivity index (χ2n) is 4.66. The number of nitriles is 1. The van der Waals surface area contributed by atoms with Crippen molar-refractivity contribution in [2.75, 3.05) is 0 Å². The van der Waals surface area contributed by atoms with Gasteiger partial charge in [-0.15, -0.1) is 0 Å². The number of carbonyl (C=O) groups excluding carboxylic acids is 1. The molecule has 0 spiro atoms. The molecule has 0 bridgehead atoms. The molecule has 0 radical (unpaired) electrons. The summed E-state index contributed by atoms with van der Waals surface area (Å²) in [5.74, 6) is -0.241. The minimum Gasteiger partial charge on any atom is -0.347 e. The van der Waals surface area contributed by atoms with Gasteiger partial charge in [0, 0.05) is 12.7 Å². The van der Waals surface area contributed by atoms with E-state index in [-0.39, 0.29) is 5.91 Å². The van der Waals surface area contributed by atoms with Gasteiger partial charge >= 0.3 is 0 Å². The fourth-order valence-electron chi connectivity index (χ4n) is 1.90. The van der Waals surface area contributed by atoms with Crippen molar-refractivity contribution in [3.05, 3.63) is 64.5 Å². The zero-order valence-corrected chi connectivity index (χ0v) is 11.5. The van der Waals surface area contributed by atoms with Crippen molar-refractivity contribution in [3.8, 4) is 6.07 Å². The van der Waals surface area contributed by atoms with Gasteiger partial charge in [0.15, 0.2) is 0 Å². The third kappa shape index (κ3) is 3.21. The summed E-state index contributed by atoms with van der Waals surface area (Å²) in [7, 11) is 0. The van der Waals surface area contributed by atoms with Gasteiger partial charge in [-0.1, -0.05) is 23.8 Å². The van der Waals surface area contributed by atoms with Crippen LogP contribution in [0.3, 0.4) is 0 Å². The van der Waals surface area contributed by atoms with Crippen molar-refractivity contribution in [1.82, 2.24) is 10.3 Å². The SMILES string of the molecule is Cc1ccc(CNC(=O)c2ccc(C#N)cn2)c(C)c1. The average molecular weight is 265 g/mol. The Kier molecular flexibility index (Phi) is 4.11. The van der Waals surface area contributed by atoms with Crippen molar-refractivity contribution in [1.29, 1.82) is 5.26 Å². The number of hydrogen-bond donors (Lipinski definition) is 1. The molecule has 1 aromatic carbocycles. The smallest absolute Gasteiger partial charge is 0.270 e. The van der Waals surface area contributed by atoms with Crippen LogP contribution in [0.15, 0.2) is 36.5 Å². The molecule has 0 saturated heterocycles. The van der Waals surface area contributed by atoms with E-state index >= 15 is 0 Å². The number of hydrogen-bond acceptors (Lipinski definition) is 3. The molecule has 0 aliphatic heterocycles. The van der Waals surface area contributed by atoms with Crippen molar-refractivity contribution in [3.63, 3.8) is 0 Å². The number of nitrogens with one attached hydrogen (secondary N) is 1. The monoisotopic (exact) mass is 265 g/mol. The Balaban J connectivity index is 2.03. The number of aromatic nitrogens is 1. The van der Waals surface area contributed by atoms with E-state index in [0.717, 1.165) is 11.1 Å². The molecular formula is C16H15N3O. The molecule has 1 heterocycles. The van der Waals surface area contributed by atoms with E-state index in [1.165, 1.54) is 11.8 Å². The third-order valence-corrected chi connectivity index (χ3v) is 3.06. The number of nitrogens with zero attached hydrogens (tertiary/aromatic N) is 2. The molecule has 2 rings (SSSR count). The zero-order chi connectivity index (χ0) is 14.5. The molecule has 1 amide bonds. The molecule has 1 N–H and O–H groups in total. The summed E-state index contributed by atoms with van der Waals surface area (Å²) in [6, 6.07) is 11.2. The molecular weight excluding hydrogens is 250 g/mol. The van der Waals surface area contributed by atoms with Gasteiger partial charge in [0.1, 0.15) is 11.8 Å². The van der Waals surface area contributed by atoms with Crippen LogP contribution in [-0.2, 0) is 6.54 Å². The first-order valence-corrected chi connectivity index (χ1v) is 6.30. The van der Waals surface area contributed by atoms with Gasteiger partial charge in [0.05, 0.1) is 5.56 Å². The average Bonchev–Trinajstić information content (AvgIpc) is 2.46. The third-order valence-electron chi connectivity index (χ3n) is 3.06. The number of benzene rings is 1. The number of aryl methyl sites for hydroxylation is 2. The molecule has 0 unspecified atom stereocenters. The summed E-state index contributed by atoms with van der Waals surface area (Å²) in [5.41, 5.74) is 4.19. The van der Waals surface area contributed by atoms with Gasteiger partial charge in [0.2, 0.25) is 0 Å². The van der Waals surface area contributed by atoms with Crippen LogP contribution in [0.4, 0.5) is 0 Å². The largest absolute Gasteiger partial charge is 0.347 e. The predicted octanol–water partition coefficient (Wildman–Crippen LogP) is 2.50. The highest BCUT2D eigenvalue weighted by atomic mass is 16.1. The van der Waals surface area contributed by atoms with Crippen LogP contribution in [0.1, 0.15) is 32.7 Å². The molecule has 0 atom stereocenters. The van der Waals surface area contributed by atoms with Crippen molar-refractivity contribution in [2.45, 2.75) is 20.4 Å². The molecule has 4 heteroatoms. The minimum absolute atomic E-state index is 0.241. The summed E-state index contributed by atoms with van der Waals surface area (Å²) in [4.78, 5) is 15.9. The first-order valence-electron chi connectivity index (χ1n) is 6.30. The number of rotatable bonds is 3. The summed E-state index contributed by atoms with van der Waals surface area (Å²) in [5, 5.41) is 11.5. The Hall–Kier alpha value is -2.67. The fraction of sp³-hybridized carbons (Fsp3) is 0.188. The second-order valence-corrected chi connectivity index (χ2v) is 4.66. The van der Waals surface area contributed by atoms with Gasteiger partial charge in [-0.25, -0.2) is 4.98 Å². The Morgan fingerprint density at radius 1 is 1.30 bits per heavy atom. The van der Waals surface area contributed by atoms with Crippen molar-refractivity contribution >= 4 is 5.91 Å². The van der Waals surface area contributed by atoms with Crippen molar-refractivity contribution < 1.29 is 4.79 Å². The van der Waals surface area contributed by atoms with Crippen LogP contribution in [0.2, 0.25) is 0 Å². The Morgan fingerprint density at radius 3 is 2.70 bits per heavy atom. The highest BCUT2D eigenvalue weighted by molar-refractivity contribution is 5.92. The lowest BCUT2D eigenvalue weighted by Gasteiger charge is -2.08. The standard InChI is InChI=1S/C16H15N3O/c1-11-3-5-14(12(2)7-11)10-19-16(20)15-6-4-13(8-17)9-18-15/h3-7,9H,10H2,1-2H3,(H,19,20). The van der Waals surface area contributed by atoms with Crippen molar-refractivity contribution in [2.24, 2.45) is 0 Å². The van der Waals surface area contributed by atoms with Gasteiger partial charge in [0.25, 0.3) is 5.91 Å². The minimum atomic E-state index is -0.241. The van der Waals surface area contributed by atoms with Crippen LogP contribution >= 0.6 is 0 Å². The van der Waals surface area contributed by atoms with Gasteiger partial charge in [-0.05, 0) is 37.1 Å². The lowest BCUT2D eigenvalue weighted by atomic mass is 10.1. The lowest BCUT2D eigenvalue weighted by molar-refractivity contribution is 0.0946. The maximum absolute atomic E-state index is 11.9. The van der Waals surface area contributed by atoms with E-state index in [9.17, 15) is 4.79 Å². The first-order chi connectivity index (χ1) is 9.60. The summed E-state index contributed by atoms with van der Waals surface area (Å²) < 4.78 is 0. The number of amides is 1. The van der Waals surface area contributed by atoms with E-state index < -0.39 is 0 Å². The highest BCUT2D eigenvalue weighted by Gasteiger charge is 2.07. The van der Waals surface area contributed by atoms with Gasteiger partial charge in [-0.2, -0.15) is 5.26 Å². The Morgan fingerprint density at radius 2 is 2.10 bits per heavy atom. The quantitative estimate of drug-likeness (QED) is 0.927. The first kappa shape index (κ1) is 13.8. The van der Waals surface area contributed by atoms with Crippen LogP contribution in [0.25, 0.3) is 0 Å². The molecule has 20 heavy (non-hydrogen) atoms. The number of carbonyl (C=O) groups is 1. The van der Waals surface area contributed by atoms with E-state index in [1.807, 2.05) is 32.0 Å². The Bertz CT molecular complexity index is 669. The van der Waals surface area contributed by atoms with E-state index in [4.69, 9.17) is 5.26 Å².